The molecule has 0 saturated heterocycles. The Morgan fingerprint density at radius 2 is 1.26 bits per heavy atom. The molecule has 192 valence electrons. The molecule has 7 heteroatoms. The van der Waals surface area contributed by atoms with Gasteiger partial charge in [0.15, 0.2) is 5.65 Å². The number of imidazole rings is 1. The van der Waals surface area contributed by atoms with E-state index < -0.39 is 7.92 Å². The number of nitrogens with zero attached hydrogens (tertiary/aromatic N) is 4. The van der Waals surface area contributed by atoms with Crippen molar-refractivity contribution in [3.63, 3.8) is 0 Å². The van der Waals surface area contributed by atoms with Gasteiger partial charge in [-0.15, -0.1) is 0 Å². The zero-order valence-corrected chi connectivity index (χ0v) is 23.9. The van der Waals surface area contributed by atoms with Crippen LogP contribution in [-0.4, -0.2) is 19.9 Å². The third-order valence-electron chi connectivity index (χ3n) is 5.74. The maximum atomic E-state index is 4.50. The molecule has 5 nitrogen and oxygen atoms in total. The van der Waals surface area contributed by atoms with Crippen LogP contribution < -0.4 is 15.9 Å². The second-order valence-electron chi connectivity index (χ2n) is 8.45. The van der Waals surface area contributed by atoms with E-state index in [9.17, 15) is 0 Å². The summed E-state index contributed by atoms with van der Waals surface area (Å²) in [4.78, 5) is 15.3. The predicted octanol–water partition coefficient (Wildman–Crippen LogP) is 6.31. The number of aromatic amines is 1. The monoisotopic (exact) mass is 697 g/mol. The SMILES string of the molecule is Cc1cccc(C[N-]c2ncnc3nc[nH]c23)c1.[Au+].c1ccc(P(c2ccccc2)c2ccccc2)cc1. The number of nitrogens with one attached hydrogen (secondary N) is 1. The van der Waals surface area contributed by atoms with E-state index in [4.69, 9.17) is 0 Å². The largest absolute Gasteiger partial charge is 1.00 e. The summed E-state index contributed by atoms with van der Waals surface area (Å²) in [6.45, 7) is 2.67. The van der Waals surface area contributed by atoms with Crippen molar-refractivity contribution < 1.29 is 22.4 Å². The molecule has 0 bridgehead atoms. The van der Waals surface area contributed by atoms with Crippen LogP contribution in [0.25, 0.3) is 16.5 Å². The normalized spacial score (nSPS) is 10.4. The molecule has 6 aromatic rings. The minimum Gasteiger partial charge on any atom is -0.459 e. The van der Waals surface area contributed by atoms with Crippen molar-refractivity contribution >= 4 is 40.8 Å². The van der Waals surface area contributed by atoms with Crippen LogP contribution >= 0.6 is 7.92 Å². The quantitative estimate of drug-likeness (QED) is 0.164. The summed E-state index contributed by atoms with van der Waals surface area (Å²) in [6.07, 6.45) is 3.09. The fourth-order valence-electron chi connectivity index (χ4n) is 4.03. The molecule has 0 aliphatic heterocycles. The van der Waals surface area contributed by atoms with E-state index in [0.717, 1.165) is 5.52 Å². The van der Waals surface area contributed by atoms with Crippen LogP contribution in [0.1, 0.15) is 11.1 Å². The maximum Gasteiger partial charge on any atom is 1.00 e. The van der Waals surface area contributed by atoms with Crippen LogP contribution in [0.5, 0.6) is 0 Å². The fraction of sp³-hybridized carbons (Fsp3) is 0.0645. The molecule has 4 aromatic carbocycles. The van der Waals surface area contributed by atoms with Crippen LogP contribution in [0.15, 0.2) is 128 Å². The Kier molecular flexibility index (Phi) is 9.97. The van der Waals surface area contributed by atoms with E-state index in [1.165, 1.54) is 33.4 Å². The maximum absolute atomic E-state index is 4.50. The minimum atomic E-state index is -0.446. The van der Waals surface area contributed by atoms with Crippen molar-refractivity contribution in [3.8, 4) is 0 Å². The topological polar surface area (TPSA) is 68.6 Å². The van der Waals surface area contributed by atoms with Gasteiger partial charge in [0.05, 0.1) is 11.8 Å². The number of rotatable bonds is 6. The zero-order chi connectivity index (χ0) is 25.3. The van der Waals surface area contributed by atoms with Crippen molar-refractivity contribution in [1.82, 2.24) is 19.9 Å². The molecule has 2 heterocycles. The van der Waals surface area contributed by atoms with Gasteiger partial charge in [0.1, 0.15) is 0 Å². The summed E-state index contributed by atoms with van der Waals surface area (Å²) in [5.74, 6) is 0.652. The summed E-state index contributed by atoms with van der Waals surface area (Å²) in [5.41, 5.74) is 3.83. The van der Waals surface area contributed by atoms with Crippen LogP contribution in [0.2, 0.25) is 0 Å². The Bertz CT molecular complexity index is 1450. The third-order valence-corrected chi connectivity index (χ3v) is 8.18. The van der Waals surface area contributed by atoms with E-state index in [2.05, 4.69) is 141 Å². The Morgan fingerprint density at radius 1 is 0.684 bits per heavy atom. The summed E-state index contributed by atoms with van der Waals surface area (Å²) in [7, 11) is -0.446. The van der Waals surface area contributed by atoms with Gasteiger partial charge in [0, 0.05) is 6.33 Å². The van der Waals surface area contributed by atoms with E-state index >= 15 is 0 Å². The van der Waals surface area contributed by atoms with Crippen molar-refractivity contribution in [3.05, 3.63) is 144 Å². The molecule has 0 saturated carbocycles. The molecule has 6 rings (SSSR count). The molecule has 2 aromatic heterocycles. The molecule has 0 amide bonds. The predicted molar refractivity (Wildman–Crippen MR) is 155 cm³/mol. The molecule has 0 radical (unpaired) electrons. The average molecular weight is 698 g/mol. The van der Waals surface area contributed by atoms with Crippen molar-refractivity contribution in [1.29, 1.82) is 0 Å². The Labute approximate surface area is 240 Å². The number of aryl methyl sites for hydroxylation is 1. The summed E-state index contributed by atoms with van der Waals surface area (Å²) < 4.78 is 0. The van der Waals surface area contributed by atoms with Crippen LogP contribution in [-0.2, 0) is 28.9 Å². The van der Waals surface area contributed by atoms with Crippen LogP contribution in [0.3, 0.4) is 0 Å². The number of aromatic nitrogens is 4. The molecule has 0 unspecified atom stereocenters. The van der Waals surface area contributed by atoms with Crippen LogP contribution in [0.4, 0.5) is 5.82 Å². The van der Waals surface area contributed by atoms with Gasteiger partial charge in [-0.2, -0.15) is 0 Å². The smallest absolute Gasteiger partial charge is 0.459 e. The molecular formula is C31H27AuN5P. The average Bonchev–Trinajstić information content (AvgIpc) is 3.44. The minimum absolute atomic E-state index is 0. The van der Waals surface area contributed by atoms with E-state index in [0.29, 0.717) is 18.0 Å². The van der Waals surface area contributed by atoms with Gasteiger partial charge in [-0.05, 0) is 48.7 Å². The Balaban J connectivity index is 0.000000173. The summed E-state index contributed by atoms with van der Waals surface area (Å²) >= 11 is 0. The van der Waals surface area contributed by atoms with Gasteiger partial charge < -0.3 is 15.3 Å². The van der Waals surface area contributed by atoms with E-state index in [-0.39, 0.29) is 22.4 Å². The Hall–Kier alpha value is -3.60. The van der Waals surface area contributed by atoms with Gasteiger partial charge in [-0.25, -0.2) is 9.97 Å². The van der Waals surface area contributed by atoms with Gasteiger partial charge in [-0.1, -0.05) is 121 Å². The number of benzene rings is 4. The third kappa shape index (κ3) is 7.03. The molecule has 0 aliphatic rings. The zero-order valence-electron chi connectivity index (χ0n) is 20.9. The van der Waals surface area contributed by atoms with Crippen LogP contribution in [0, 0.1) is 6.92 Å². The molecule has 0 fully saturated rings. The van der Waals surface area contributed by atoms with Crippen molar-refractivity contribution in [2.75, 3.05) is 0 Å². The van der Waals surface area contributed by atoms with Gasteiger partial charge in [0.25, 0.3) is 0 Å². The molecule has 0 atom stereocenters. The first-order valence-electron chi connectivity index (χ1n) is 12.1. The summed E-state index contributed by atoms with van der Waals surface area (Å²) in [6, 6.07) is 40.6. The molecule has 1 N–H and O–H groups in total. The number of H-pyrrole nitrogens is 1. The Morgan fingerprint density at radius 3 is 1.82 bits per heavy atom. The second-order valence-corrected chi connectivity index (χ2v) is 10.7. The first-order chi connectivity index (χ1) is 18.3. The molecule has 38 heavy (non-hydrogen) atoms. The molecule has 0 aliphatic carbocycles. The number of fused-ring (bicyclic) bond motifs is 1. The second kappa shape index (κ2) is 13.8. The molecular weight excluding hydrogens is 670 g/mol. The first kappa shape index (κ1) is 27.4. The number of hydrogen-bond acceptors (Lipinski definition) is 3. The molecule has 0 spiro atoms. The van der Waals surface area contributed by atoms with E-state index in [1.807, 2.05) is 6.07 Å². The fourth-order valence-corrected chi connectivity index (χ4v) is 6.33. The standard InChI is InChI=1S/C18H15P.C13H12N5.Au/c1-4-10-16(11-5-1)19(17-12-6-2-7-13-17)18-14-8-3-9-15-18;1-9-3-2-4-10(5-9)6-14-12-11-13(16-7-15-11)18-8-17-12;/h1-15H;2-5,7-8H,6H2,1H3,(H-,14,15,16,17,18);/q;-1;+1. The summed E-state index contributed by atoms with van der Waals surface area (Å²) in [5, 5.41) is 8.69. The van der Waals surface area contributed by atoms with E-state index in [1.54, 1.807) is 6.33 Å². The number of hydrogen-bond donors (Lipinski definition) is 1. The van der Waals surface area contributed by atoms with Crippen molar-refractivity contribution in [2.24, 2.45) is 0 Å². The van der Waals surface area contributed by atoms with Gasteiger partial charge in [-0.3, -0.25) is 0 Å². The van der Waals surface area contributed by atoms with Crippen molar-refractivity contribution in [2.45, 2.75) is 13.5 Å². The van der Waals surface area contributed by atoms with Gasteiger partial charge in [0.2, 0.25) is 0 Å². The van der Waals surface area contributed by atoms with Gasteiger partial charge >= 0.3 is 22.4 Å². The first-order valence-corrected chi connectivity index (χ1v) is 13.4.